The minimum atomic E-state index is -0.110. The summed E-state index contributed by atoms with van der Waals surface area (Å²) < 4.78 is 0. The summed E-state index contributed by atoms with van der Waals surface area (Å²) in [5.41, 5.74) is 1.91. The number of carbonyl (C=O) groups is 1. The molecule has 0 atom stereocenters. The topological polar surface area (TPSA) is 65.5 Å². The zero-order chi connectivity index (χ0) is 16.3. The number of carbonyl (C=O) groups excluding carboxylic acids is 1. The molecule has 0 saturated heterocycles. The van der Waals surface area contributed by atoms with E-state index in [0.29, 0.717) is 12.5 Å². The van der Waals surface area contributed by atoms with E-state index < -0.39 is 0 Å². The predicted octanol–water partition coefficient (Wildman–Crippen LogP) is 3.00. The van der Waals surface area contributed by atoms with Gasteiger partial charge in [-0.05, 0) is 24.6 Å². The molecule has 2 rings (SSSR count). The van der Waals surface area contributed by atoms with Crippen LogP contribution in [-0.2, 0) is 11.3 Å². The molecule has 5 nitrogen and oxygen atoms in total. The third kappa shape index (κ3) is 7.45. The number of aliphatic imine (C=N–C) groups is 1. The number of hydrogen-bond acceptors (Lipinski definition) is 2. The Hall–Kier alpha value is -2.09. The summed E-state index contributed by atoms with van der Waals surface area (Å²) in [5.74, 6) is 0.515. The number of nitrogens with one attached hydrogen (secondary N) is 3. The second-order valence-corrected chi connectivity index (χ2v) is 4.95. The van der Waals surface area contributed by atoms with E-state index in [2.05, 4.69) is 20.9 Å². The van der Waals surface area contributed by atoms with E-state index >= 15 is 0 Å². The van der Waals surface area contributed by atoms with Crippen LogP contribution in [0.1, 0.15) is 12.5 Å². The fraction of sp³-hybridized carbons (Fsp3) is 0.222. The van der Waals surface area contributed by atoms with Gasteiger partial charge < -0.3 is 16.0 Å². The fourth-order valence-electron chi connectivity index (χ4n) is 1.99. The van der Waals surface area contributed by atoms with Crippen LogP contribution in [0.15, 0.2) is 65.7 Å². The number of amides is 1. The van der Waals surface area contributed by atoms with Crippen LogP contribution in [0.2, 0.25) is 0 Å². The lowest BCUT2D eigenvalue weighted by atomic mass is 10.2. The average molecular weight is 438 g/mol. The standard InChI is InChI=1S/C18H22N4O.HI/c1-2-19-18(20-13-15-9-5-3-6-10-15)21-14-17(23)22-16-11-7-4-8-12-16;/h3-12H,2,13-14H2,1H3,(H,22,23)(H2,19,20,21);1H. The Bertz CT molecular complexity index is 632. The van der Waals surface area contributed by atoms with Gasteiger partial charge in [-0.3, -0.25) is 4.79 Å². The van der Waals surface area contributed by atoms with Crippen molar-refractivity contribution < 1.29 is 4.79 Å². The van der Waals surface area contributed by atoms with Crippen LogP contribution in [0, 0.1) is 0 Å². The van der Waals surface area contributed by atoms with Crippen LogP contribution >= 0.6 is 24.0 Å². The third-order valence-electron chi connectivity index (χ3n) is 3.08. The number of hydrogen-bond donors (Lipinski definition) is 3. The minimum Gasteiger partial charge on any atom is -0.357 e. The maximum Gasteiger partial charge on any atom is 0.243 e. The van der Waals surface area contributed by atoms with Crippen molar-refractivity contribution >= 4 is 41.5 Å². The highest BCUT2D eigenvalue weighted by Gasteiger charge is 2.04. The van der Waals surface area contributed by atoms with Gasteiger partial charge in [0.15, 0.2) is 5.96 Å². The van der Waals surface area contributed by atoms with Crippen molar-refractivity contribution in [3.05, 3.63) is 66.2 Å². The molecule has 0 aliphatic rings. The van der Waals surface area contributed by atoms with Crippen molar-refractivity contribution in [2.24, 2.45) is 4.99 Å². The largest absolute Gasteiger partial charge is 0.357 e. The van der Waals surface area contributed by atoms with Gasteiger partial charge in [0.25, 0.3) is 0 Å². The summed E-state index contributed by atoms with van der Waals surface area (Å²) in [6.07, 6.45) is 0. The first-order valence-electron chi connectivity index (χ1n) is 7.69. The molecule has 0 bridgehead atoms. The fourth-order valence-corrected chi connectivity index (χ4v) is 1.99. The van der Waals surface area contributed by atoms with Crippen molar-refractivity contribution in [3.8, 4) is 0 Å². The van der Waals surface area contributed by atoms with Crippen molar-refractivity contribution in [2.45, 2.75) is 13.5 Å². The highest BCUT2D eigenvalue weighted by atomic mass is 127. The first-order chi connectivity index (χ1) is 11.3. The zero-order valence-corrected chi connectivity index (χ0v) is 16.0. The second kappa shape index (κ2) is 11.4. The van der Waals surface area contributed by atoms with Gasteiger partial charge >= 0.3 is 0 Å². The van der Waals surface area contributed by atoms with Crippen molar-refractivity contribution in [3.63, 3.8) is 0 Å². The summed E-state index contributed by atoms with van der Waals surface area (Å²) in [6.45, 7) is 3.46. The molecule has 1 amide bonds. The molecule has 24 heavy (non-hydrogen) atoms. The molecule has 0 saturated carbocycles. The van der Waals surface area contributed by atoms with E-state index in [1.807, 2.05) is 67.6 Å². The van der Waals surface area contributed by atoms with Gasteiger partial charge in [-0.1, -0.05) is 48.5 Å². The Kier molecular flexibility index (Phi) is 9.52. The van der Waals surface area contributed by atoms with Gasteiger partial charge in [0.1, 0.15) is 0 Å². The van der Waals surface area contributed by atoms with E-state index in [1.165, 1.54) is 0 Å². The Balaban J connectivity index is 0.00000288. The molecule has 0 aliphatic heterocycles. The Morgan fingerprint density at radius 1 is 0.958 bits per heavy atom. The SMILES string of the molecule is CCNC(=NCc1ccccc1)NCC(=O)Nc1ccccc1.I. The summed E-state index contributed by atoms with van der Waals surface area (Å²) in [4.78, 5) is 16.4. The molecule has 0 unspecified atom stereocenters. The number of nitrogens with zero attached hydrogens (tertiary/aromatic N) is 1. The van der Waals surface area contributed by atoms with Gasteiger partial charge in [-0.2, -0.15) is 0 Å². The lowest BCUT2D eigenvalue weighted by Gasteiger charge is -2.11. The molecule has 3 N–H and O–H groups in total. The van der Waals surface area contributed by atoms with Gasteiger partial charge in [-0.25, -0.2) is 4.99 Å². The Morgan fingerprint density at radius 2 is 1.58 bits per heavy atom. The first-order valence-corrected chi connectivity index (χ1v) is 7.69. The normalized spacial score (nSPS) is 10.5. The highest BCUT2D eigenvalue weighted by Crippen LogP contribution is 2.04. The molecule has 0 fully saturated rings. The number of para-hydroxylation sites is 1. The lowest BCUT2D eigenvalue weighted by molar-refractivity contribution is -0.115. The molecule has 6 heteroatoms. The molecule has 0 heterocycles. The third-order valence-corrected chi connectivity index (χ3v) is 3.08. The molecule has 2 aromatic rings. The van der Waals surface area contributed by atoms with Crippen molar-refractivity contribution in [2.75, 3.05) is 18.4 Å². The zero-order valence-electron chi connectivity index (χ0n) is 13.7. The van der Waals surface area contributed by atoms with Crippen LogP contribution in [0.4, 0.5) is 5.69 Å². The molecule has 2 aromatic carbocycles. The Labute approximate surface area is 160 Å². The molecular formula is C18H23IN4O. The molecule has 0 aromatic heterocycles. The van der Waals surface area contributed by atoms with Gasteiger partial charge in [0.05, 0.1) is 13.1 Å². The number of halogens is 1. The van der Waals surface area contributed by atoms with E-state index in [4.69, 9.17) is 0 Å². The maximum atomic E-state index is 11.9. The average Bonchev–Trinajstić information content (AvgIpc) is 2.59. The molecule has 0 aliphatic carbocycles. The maximum absolute atomic E-state index is 11.9. The molecule has 128 valence electrons. The summed E-state index contributed by atoms with van der Waals surface area (Å²) in [7, 11) is 0. The van der Waals surface area contributed by atoms with Gasteiger partial charge in [0, 0.05) is 12.2 Å². The number of rotatable bonds is 6. The van der Waals surface area contributed by atoms with E-state index in [1.54, 1.807) is 0 Å². The molecule has 0 spiro atoms. The number of benzene rings is 2. The number of anilines is 1. The quantitative estimate of drug-likeness (QED) is 0.369. The number of guanidine groups is 1. The van der Waals surface area contributed by atoms with Gasteiger partial charge in [-0.15, -0.1) is 24.0 Å². The Morgan fingerprint density at radius 3 is 2.21 bits per heavy atom. The van der Waals surface area contributed by atoms with Crippen LogP contribution in [0.5, 0.6) is 0 Å². The summed E-state index contributed by atoms with van der Waals surface area (Å²) in [6, 6.07) is 19.4. The minimum absolute atomic E-state index is 0. The highest BCUT2D eigenvalue weighted by molar-refractivity contribution is 14.0. The van der Waals surface area contributed by atoms with Crippen LogP contribution in [-0.4, -0.2) is 25.0 Å². The monoisotopic (exact) mass is 438 g/mol. The van der Waals surface area contributed by atoms with E-state index in [0.717, 1.165) is 17.8 Å². The van der Waals surface area contributed by atoms with Crippen LogP contribution in [0.3, 0.4) is 0 Å². The molecule has 0 radical (unpaired) electrons. The lowest BCUT2D eigenvalue weighted by Crippen LogP contribution is -2.41. The van der Waals surface area contributed by atoms with Crippen molar-refractivity contribution in [1.29, 1.82) is 0 Å². The van der Waals surface area contributed by atoms with Crippen molar-refractivity contribution in [1.82, 2.24) is 10.6 Å². The van der Waals surface area contributed by atoms with E-state index in [-0.39, 0.29) is 36.4 Å². The van der Waals surface area contributed by atoms with Gasteiger partial charge in [0.2, 0.25) is 5.91 Å². The predicted molar refractivity (Wildman–Crippen MR) is 110 cm³/mol. The first kappa shape index (κ1) is 20.0. The van der Waals surface area contributed by atoms with Crippen LogP contribution in [0.25, 0.3) is 0 Å². The summed E-state index contributed by atoms with van der Waals surface area (Å²) in [5, 5.41) is 9.00. The van der Waals surface area contributed by atoms with Crippen LogP contribution < -0.4 is 16.0 Å². The van der Waals surface area contributed by atoms with E-state index in [9.17, 15) is 4.79 Å². The smallest absolute Gasteiger partial charge is 0.243 e. The summed E-state index contributed by atoms with van der Waals surface area (Å²) >= 11 is 0. The molecular weight excluding hydrogens is 415 g/mol. The second-order valence-electron chi connectivity index (χ2n) is 4.95.